The number of halogens is 7. The Morgan fingerprint density at radius 3 is 2.02 bits per heavy atom. The molecule has 1 unspecified atom stereocenters. The molecule has 0 aliphatic carbocycles. The van der Waals surface area contributed by atoms with E-state index in [2.05, 4.69) is 4.98 Å². The average Bonchev–Trinajstić information content (AvgIpc) is 3.42. The molecule has 0 saturated carbocycles. The van der Waals surface area contributed by atoms with Gasteiger partial charge in [0.25, 0.3) is 0 Å². The lowest BCUT2D eigenvalue weighted by molar-refractivity contribution is -0.143. The van der Waals surface area contributed by atoms with Crippen LogP contribution in [-0.4, -0.2) is 44.5 Å². The Labute approximate surface area is 250 Å². The Kier molecular flexibility index (Phi) is 8.57. The van der Waals surface area contributed by atoms with Gasteiger partial charge >= 0.3 is 12.4 Å². The molecule has 1 atom stereocenters. The predicted molar refractivity (Wildman–Crippen MR) is 152 cm³/mol. The molecule has 2 heterocycles. The van der Waals surface area contributed by atoms with Crippen LogP contribution in [0.15, 0.2) is 48.7 Å². The fraction of sp³-hybridized carbons (Fsp3) is 0.400. The van der Waals surface area contributed by atoms with E-state index in [1.807, 2.05) is 0 Å². The minimum absolute atomic E-state index is 0.00600. The second kappa shape index (κ2) is 11.4. The number of carbonyl (C=O) groups excluding carboxylic acids is 1. The second-order valence-electron chi connectivity index (χ2n) is 11.4. The molecule has 14 heteroatoms. The summed E-state index contributed by atoms with van der Waals surface area (Å²) >= 11 is 0. The number of rotatable bonds is 6. The van der Waals surface area contributed by atoms with Gasteiger partial charge in [-0.1, -0.05) is 6.07 Å². The first-order valence-electron chi connectivity index (χ1n) is 13.4. The number of anilines is 2. The average molecular weight is 646 g/mol. The number of benzene rings is 2. The molecule has 2 aromatic carbocycles. The summed E-state index contributed by atoms with van der Waals surface area (Å²) in [5, 5.41) is -0.843. The van der Waals surface area contributed by atoms with E-state index < -0.39 is 61.4 Å². The van der Waals surface area contributed by atoms with Gasteiger partial charge in [-0.25, -0.2) is 17.8 Å². The predicted octanol–water partition coefficient (Wildman–Crippen LogP) is 7.15. The van der Waals surface area contributed by atoms with Gasteiger partial charge in [0.2, 0.25) is 5.91 Å². The molecule has 1 aliphatic rings. The van der Waals surface area contributed by atoms with Gasteiger partial charge in [-0.3, -0.25) is 4.79 Å². The van der Waals surface area contributed by atoms with Crippen molar-refractivity contribution in [2.75, 3.05) is 29.6 Å². The summed E-state index contributed by atoms with van der Waals surface area (Å²) in [6, 6.07) is 6.47. The number of alkyl halides is 6. The van der Waals surface area contributed by atoms with Crippen molar-refractivity contribution < 1.29 is 43.9 Å². The second-order valence-corrected chi connectivity index (χ2v) is 13.6. The van der Waals surface area contributed by atoms with Crippen LogP contribution in [0.25, 0.3) is 11.1 Å². The van der Waals surface area contributed by atoms with Crippen LogP contribution in [0.5, 0.6) is 0 Å². The zero-order valence-corrected chi connectivity index (χ0v) is 25.3. The zero-order valence-electron chi connectivity index (χ0n) is 24.4. The Bertz CT molecular complexity index is 1670. The van der Waals surface area contributed by atoms with E-state index in [0.717, 1.165) is 11.2 Å². The smallest absolute Gasteiger partial charge is 0.340 e. The summed E-state index contributed by atoms with van der Waals surface area (Å²) in [5.74, 6) is -1.11. The Hall–Kier alpha value is -3.68. The van der Waals surface area contributed by atoms with Crippen molar-refractivity contribution in [3.63, 3.8) is 0 Å². The molecule has 44 heavy (non-hydrogen) atoms. The van der Waals surface area contributed by atoms with Gasteiger partial charge in [0, 0.05) is 25.4 Å². The lowest BCUT2D eigenvalue weighted by atomic mass is 9.81. The van der Waals surface area contributed by atoms with E-state index in [1.54, 1.807) is 17.9 Å². The molecule has 3 aromatic rings. The highest BCUT2D eigenvalue weighted by atomic mass is 32.2. The lowest BCUT2D eigenvalue weighted by Crippen LogP contribution is -2.42. The van der Waals surface area contributed by atoms with E-state index in [-0.39, 0.29) is 17.6 Å². The van der Waals surface area contributed by atoms with Crippen LogP contribution in [0.4, 0.5) is 42.2 Å². The molecule has 1 aliphatic heterocycles. The molecular weight excluding hydrogens is 615 g/mol. The van der Waals surface area contributed by atoms with Gasteiger partial charge in [-0.05, 0) is 86.7 Å². The highest BCUT2D eigenvalue weighted by molar-refractivity contribution is 7.91. The number of aromatic nitrogens is 1. The minimum Gasteiger partial charge on any atom is -0.340 e. The summed E-state index contributed by atoms with van der Waals surface area (Å²) in [7, 11) is -2.20. The Morgan fingerprint density at radius 2 is 1.50 bits per heavy atom. The first-order chi connectivity index (χ1) is 20.1. The molecule has 0 spiro atoms. The van der Waals surface area contributed by atoms with Gasteiger partial charge in [-0.15, -0.1) is 0 Å². The molecule has 0 radical (unpaired) electrons. The molecule has 1 saturated heterocycles. The molecule has 0 N–H and O–H groups in total. The fourth-order valence-electron chi connectivity index (χ4n) is 5.42. The number of sulfone groups is 1. The minimum atomic E-state index is -5.10. The zero-order chi connectivity index (χ0) is 33.0. The van der Waals surface area contributed by atoms with Crippen LogP contribution in [-0.2, 0) is 32.4 Å². The van der Waals surface area contributed by atoms with Crippen molar-refractivity contribution in [1.82, 2.24) is 4.98 Å². The van der Waals surface area contributed by atoms with E-state index in [4.69, 9.17) is 0 Å². The summed E-state index contributed by atoms with van der Waals surface area (Å²) in [6.07, 6.45) is -6.86. The molecule has 4 rings (SSSR count). The topological polar surface area (TPSA) is 70.6 Å². The SMILES string of the molecule is Cc1cc(F)ccc1-c1cc(N2CCCC2S(C)(=O)=O)ncc1N(C)C(=O)C(C)(C)c1cc(C(F)(F)F)cc(C(F)(F)F)c1. The van der Waals surface area contributed by atoms with Crippen LogP contribution < -0.4 is 9.80 Å². The molecular formula is C30H30F7N3O3S. The summed E-state index contributed by atoms with van der Waals surface area (Å²) in [5.41, 5.74) is -4.13. The largest absolute Gasteiger partial charge is 0.416 e. The van der Waals surface area contributed by atoms with Crippen molar-refractivity contribution >= 4 is 27.2 Å². The standard InChI is InChI=1S/C30H30F7N3O3S/c1-17-11-21(31)8-9-22(17)23-15-25(40-10-6-7-26(40)44(5,42)43)38-16-24(23)39(4)27(41)28(2,3)18-12-19(29(32,33)34)14-20(13-18)30(35,36)37/h8-9,11-16,26H,6-7,10H2,1-5H3. The van der Waals surface area contributed by atoms with E-state index in [0.29, 0.717) is 48.2 Å². The normalized spacial score (nSPS) is 16.4. The maximum absolute atomic E-state index is 14.0. The van der Waals surface area contributed by atoms with Gasteiger partial charge in [0.05, 0.1) is 28.4 Å². The molecule has 1 aromatic heterocycles. The van der Waals surface area contributed by atoms with E-state index in [9.17, 15) is 43.9 Å². The number of carbonyl (C=O) groups is 1. The van der Waals surface area contributed by atoms with Gasteiger partial charge in [0.1, 0.15) is 17.0 Å². The highest BCUT2D eigenvalue weighted by Crippen LogP contribution is 2.42. The number of hydrogen-bond donors (Lipinski definition) is 0. The van der Waals surface area contributed by atoms with Crippen molar-refractivity contribution in [2.45, 2.75) is 56.8 Å². The molecule has 1 amide bonds. The summed E-state index contributed by atoms with van der Waals surface area (Å²) in [4.78, 5) is 21.0. The molecule has 6 nitrogen and oxygen atoms in total. The van der Waals surface area contributed by atoms with Crippen molar-refractivity contribution in [3.8, 4) is 11.1 Å². The van der Waals surface area contributed by atoms with Gasteiger partial charge in [0.15, 0.2) is 9.84 Å². The van der Waals surface area contributed by atoms with E-state index >= 15 is 0 Å². The number of nitrogens with zero attached hydrogens (tertiary/aromatic N) is 3. The fourth-order valence-corrected chi connectivity index (χ4v) is 6.69. The number of amides is 1. The summed E-state index contributed by atoms with van der Waals surface area (Å²) in [6.45, 7) is 4.43. The van der Waals surface area contributed by atoms with Crippen molar-refractivity contribution in [3.05, 3.63) is 76.7 Å². The van der Waals surface area contributed by atoms with E-state index in [1.165, 1.54) is 45.3 Å². The maximum atomic E-state index is 14.0. The first kappa shape index (κ1) is 33.2. The third-order valence-electron chi connectivity index (χ3n) is 7.84. The van der Waals surface area contributed by atoms with Gasteiger partial charge < -0.3 is 9.80 Å². The molecule has 238 valence electrons. The highest BCUT2D eigenvalue weighted by Gasteiger charge is 2.41. The quantitative estimate of drug-likeness (QED) is 0.267. The monoisotopic (exact) mass is 645 g/mol. The van der Waals surface area contributed by atoms with Crippen LogP contribution >= 0.6 is 0 Å². The molecule has 1 fully saturated rings. The van der Waals surface area contributed by atoms with Gasteiger partial charge in [-0.2, -0.15) is 26.3 Å². The van der Waals surface area contributed by atoms with Crippen LogP contribution in [0.3, 0.4) is 0 Å². The first-order valence-corrected chi connectivity index (χ1v) is 15.4. The lowest BCUT2D eigenvalue weighted by Gasteiger charge is -2.32. The van der Waals surface area contributed by atoms with Crippen molar-refractivity contribution in [1.29, 1.82) is 0 Å². The number of hydrogen-bond acceptors (Lipinski definition) is 5. The number of pyridine rings is 1. The Balaban J connectivity index is 1.86. The number of aryl methyl sites for hydroxylation is 1. The third-order valence-corrected chi connectivity index (χ3v) is 9.32. The van der Waals surface area contributed by atoms with Crippen LogP contribution in [0, 0.1) is 12.7 Å². The number of likely N-dealkylation sites (N-methyl/N-ethyl adjacent to an activating group) is 1. The third kappa shape index (κ3) is 6.54. The van der Waals surface area contributed by atoms with Crippen LogP contribution in [0.1, 0.15) is 48.9 Å². The Morgan fingerprint density at radius 1 is 0.932 bits per heavy atom. The molecule has 0 bridgehead atoms. The maximum Gasteiger partial charge on any atom is 0.416 e. The van der Waals surface area contributed by atoms with Crippen LogP contribution in [0.2, 0.25) is 0 Å². The summed E-state index contributed by atoms with van der Waals surface area (Å²) < 4.78 is 120. The van der Waals surface area contributed by atoms with Crippen molar-refractivity contribution in [2.24, 2.45) is 0 Å².